The third-order valence-corrected chi connectivity index (χ3v) is 6.78. The number of nitrogens with one attached hydrogen (secondary N) is 1. The zero-order valence-electron chi connectivity index (χ0n) is 19.5. The van der Waals surface area contributed by atoms with Gasteiger partial charge in [-0.25, -0.2) is 8.42 Å². The fraction of sp³-hybridized carbons (Fsp3) is 0.154. The number of aromatic nitrogens is 2. The molecule has 1 heterocycles. The Morgan fingerprint density at radius 1 is 0.971 bits per heavy atom. The Hall–Kier alpha value is -4.11. The first-order valence-corrected chi connectivity index (χ1v) is 12.4. The largest absolute Gasteiger partial charge is 0.495 e. The standard InChI is InChI=1S/C26H26N4O4S/c1-29(17-21-16-27-30(19-21)18-20-8-4-3-5-9-20)26(31)22-12-14-23(15-13-22)35(32,33)28-24-10-6-7-11-25(24)34-2/h3-16,19,28H,17-18H2,1-2H3. The summed E-state index contributed by atoms with van der Waals surface area (Å²) in [6, 6.07) is 22.6. The van der Waals surface area contributed by atoms with Crippen LogP contribution in [-0.4, -0.2) is 43.2 Å². The molecular weight excluding hydrogens is 464 g/mol. The van der Waals surface area contributed by atoms with E-state index in [0.717, 1.165) is 11.1 Å². The van der Waals surface area contributed by atoms with E-state index in [9.17, 15) is 13.2 Å². The van der Waals surface area contributed by atoms with Crippen molar-refractivity contribution in [2.45, 2.75) is 18.0 Å². The molecule has 0 unspecified atom stereocenters. The molecule has 0 aliphatic carbocycles. The molecule has 3 aromatic carbocycles. The molecule has 0 atom stereocenters. The molecule has 4 rings (SSSR count). The minimum atomic E-state index is -3.85. The van der Waals surface area contributed by atoms with Crippen LogP contribution in [0.3, 0.4) is 0 Å². The molecule has 1 N–H and O–H groups in total. The number of hydrogen-bond acceptors (Lipinski definition) is 5. The minimum Gasteiger partial charge on any atom is -0.495 e. The Morgan fingerprint density at radius 2 is 1.66 bits per heavy atom. The van der Waals surface area contributed by atoms with Gasteiger partial charge in [0.1, 0.15) is 5.75 Å². The fourth-order valence-electron chi connectivity index (χ4n) is 3.62. The summed E-state index contributed by atoms with van der Waals surface area (Å²) in [4.78, 5) is 14.5. The summed E-state index contributed by atoms with van der Waals surface area (Å²) in [5.41, 5.74) is 2.77. The van der Waals surface area contributed by atoms with E-state index < -0.39 is 10.0 Å². The third kappa shape index (κ3) is 5.88. The van der Waals surface area contributed by atoms with Gasteiger partial charge in [-0.3, -0.25) is 14.2 Å². The molecule has 0 aliphatic rings. The lowest BCUT2D eigenvalue weighted by Gasteiger charge is -2.17. The van der Waals surface area contributed by atoms with E-state index >= 15 is 0 Å². The Kier molecular flexibility index (Phi) is 7.17. The summed E-state index contributed by atoms with van der Waals surface area (Å²) in [5, 5.41) is 4.38. The van der Waals surface area contributed by atoms with Crippen molar-refractivity contribution in [2.75, 3.05) is 18.9 Å². The van der Waals surface area contributed by atoms with Crippen LogP contribution in [0.2, 0.25) is 0 Å². The van der Waals surface area contributed by atoms with E-state index in [2.05, 4.69) is 9.82 Å². The van der Waals surface area contributed by atoms with E-state index in [-0.39, 0.29) is 10.8 Å². The molecule has 0 radical (unpaired) electrons. The summed E-state index contributed by atoms with van der Waals surface area (Å²) in [5.74, 6) is 0.194. The van der Waals surface area contributed by atoms with Crippen LogP contribution in [0.5, 0.6) is 5.75 Å². The number of anilines is 1. The number of amides is 1. The maximum absolute atomic E-state index is 12.9. The van der Waals surface area contributed by atoms with Crippen molar-refractivity contribution in [3.63, 3.8) is 0 Å². The summed E-state index contributed by atoms with van der Waals surface area (Å²) >= 11 is 0. The summed E-state index contributed by atoms with van der Waals surface area (Å²) in [7, 11) is -0.676. The van der Waals surface area contributed by atoms with Gasteiger partial charge in [0, 0.05) is 30.9 Å². The highest BCUT2D eigenvalue weighted by molar-refractivity contribution is 7.92. The molecule has 0 saturated heterocycles. The fourth-order valence-corrected chi connectivity index (χ4v) is 4.69. The van der Waals surface area contributed by atoms with Crippen LogP contribution < -0.4 is 9.46 Å². The second-order valence-electron chi connectivity index (χ2n) is 8.02. The van der Waals surface area contributed by atoms with Crippen LogP contribution in [-0.2, 0) is 23.1 Å². The van der Waals surface area contributed by atoms with Crippen molar-refractivity contribution >= 4 is 21.6 Å². The Balaban J connectivity index is 1.40. The van der Waals surface area contributed by atoms with Gasteiger partial charge in [0.05, 0.1) is 30.4 Å². The van der Waals surface area contributed by atoms with Gasteiger partial charge in [-0.15, -0.1) is 0 Å². The van der Waals surface area contributed by atoms with E-state index in [0.29, 0.717) is 30.1 Å². The van der Waals surface area contributed by atoms with Crippen LogP contribution in [0.1, 0.15) is 21.5 Å². The van der Waals surface area contributed by atoms with Gasteiger partial charge in [0.15, 0.2) is 0 Å². The summed E-state index contributed by atoms with van der Waals surface area (Å²) in [6.07, 6.45) is 3.65. The monoisotopic (exact) mass is 490 g/mol. The number of carbonyl (C=O) groups is 1. The molecule has 0 bridgehead atoms. The van der Waals surface area contributed by atoms with Crippen LogP contribution >= 0.6 is 0 Å². The molecule has 9 heteroatoms. The van der Waals surface area contributed by atoms with Gasteiger partial charge in [-0.2, -0.15) is 5.10 Å². The van der Waals surface area contributed by atoms with Crippen LogP contribution in [0.15, 0.2) is 96.2 Å². The second-order valence-corrected chi connectivity index (χ2v) is 9.71. The molecule has 4 aromatic rings. The molecule has 0 saturated carbocycles. The summed E-state index contributed by atoms with van der Waals surface area (Å²) in [6.45, 7) is 1.03. The molecule has 1 aromatic heterocycles. The van der Waals surface area contributed by atoms with Crippen molar-refractivity contribution < 1.29 is 17.9 Å². The molecular formula is C26H26N4O4S. The Morgan fingerprint density at radius 3 is 2.37 bits per heavy atom. The molecule has 180 valence electrons. The highest BCUT2D eigenvalue weighted by Gasteiger charge is 2.18. The molecule has 35 heavy (non-hydrogen) atoms. The lowest BCUT2D eigenvalue weighted by atomic mass is 10.2. The van der Waals surface area contributed by atoms with E-state index in [1.807, 2.05) is 41.2 Å². The number of methoxy groups -OCH3 is 1. The van der Waals surface area contributed by atoms with Crippen molar-refractivity contribution in [3.8, 4) is 5.75 Å². The molecule has 1 amide bonds. The van der Waals surface area contributed by atoms with E-state index in [1.54, 1.807) is 42.4 Å². The Bertz CT molecular complexity index is 1400. The third-order valence-electron chi connectivity index (χ3n) is 5.40. The SMILES string of the molecule is COc1ccccc1NS(=O)(=O)c1ccc(C(=O)N(C)Cc2cnn(Cc3ccccc3)c2)cc1. The number of para-hydroxylation sites is 2. The highest BCUT2D eigenvalue weighted by atomic mass is 32.2. The maximum atomic E-state index is 12.9. The van der Waals surface area contributed by atoms with Gasteiger partial charge < -0.3 is 9.64 Å². The number of ether oxygens (including phenoxy) is 1. The van der Waals surface area contributed by atoms with Gasteiger partial charge in [-0.05, 0) is 42.0 Å². The lowest BCUT2D eigenvalue weighted by molar-refractivity contribution is 0.0785. The number of carbonyl (C=O) groups excluding carboxylic acids is 1. The van der Waals surface area contributed by atoms with E-state index in [1.165, 1.54) is 31.4 Å². The van der Waals surface area contributed by atoms with Crippen LogP contribution in [0, 0.1) is 0 Å². The average molecular weight is 491 g/mol. The predicted octanol–water partition coefficient (Wildman–Crippen LogP) is 4.01. The quantitative estimate of drug-likeness (QED) is 0.383. The number of benzene rings is 3. The molecule has 0 fully saturated rings. The minimum absolute atomic E-state index is 0.0461. The van der Waals surface area contributed by atoms with Crippen molar-refractivity contribution in [1.29, 1.82) is 0 Å². The first kappa shape index (κ1) is 24.0. The predicted molar refractivity (Wildman–Crippen MR) is 134 cm³/mol. The topological polar surface area (TPSA) is 93.5 Å². The van der Waals surface area contributed by atoms with Gasteiger partial charge >= 0.3 is 0 Å². The normalized spacial score (nSPS) is 11.1. The molecule has 0 spiro atoms. The number of sulfonamides is 1. The number of rotatable bonds is 9. The van der Waals surface area contributed by atoms with Crippen molar-refractivity contribution in [3.05, 3.63) is 108 Å². The van der Waals surface area contributed by atoms with Crippen molar-refractivity contribution in [2.24, 2.45) is 0 Å². The zero-order chi connectivity index (χ0) is 24.8. The first-order chi connectivity index (χ1) is 16.9. The van der Waals surface area contributed by atoms with Gasteiger partial charge in [-0.1, -0.05) is 42.5 Å². The van der Waals surface area contributed by atoms with Gasteiger partial charge in [0.25, 0.3) is 15.9 Å². The van der Waals surface area contributed by atoms with Crippen LogP contribution in [0.4, 0.5) is 5.69 Å². The number of nitrogens with zero attached hydrogens (tertiary/aromatic N) is 3. The first-order valence-electron chi connectivity index (χ1n) is 10.9. The van der Waals surface area contributed by atoms with E-state index in [4.69, 9.17) is 4.74 Å². The molecule has 0 aliphatic heterocycles. The van der Waals surface area contributed by atoms with Crippen LogP contribution in [0.25, 0.3) is 0 Å². The smallest absolute Gasteiger partial charge is 0.262 e. The van der Waals surface area contributed by atoms with Gasteiger partial charge in [0.2, 0.25) is 0 Å². The summed E-state index contributed by atoms with van der Waals surface area (Å²) < 4.78 is 35.1. The maximum Gasteiger partial charge on any atom is 0.262 e. The van der Waals surface area contributed by atoms with Crippen molar-refractivity contribution in [1.82, 2.24) is 14.7 Å². The zero-order valence-corrected chi connectivity index (χ0v) is 20.3. The lowest BCUT2D eigenvalue weighted by Crippen LogP contribution is -2.26. The second kappa shape index (κ2) is 10.4. The highest BCUT2D eigenvalue weighted by Crippen LogP contribution is 2.26. The Labute approximate surface area is 204 Å². The average Bonchev–Trinajstić information content (AvgIpc) is 3.30. The number of hydrogen-bond donors (Lipinski definition) is 1. The molecule has 8 nitrogen and oxygen atoms in total.